The molecule has 118 valence electrons. The molecule has 0 spiro atoms. The van der Waals surface area contributed by atoms with E-state index in [2.05, 4.69) is 0 Å². The van der Waals surface area contributed by atoms with Gasteiger partial charge in [0.15, 0.2) is 0 Å². The van der Waals surface area contributed by atoms with Gasteiger partial charge in [-0.1, -0.05) is 0 Å². The molecule has 0 unspecified atom stereocenters. The van der Waals surface area contributed by atoms with E-state index in [1.807, 2.05) is 4.90 Å². The molecule has 1 aromatic carbocycles. The van der Waals surface area contributed by atoms with Crippen molar-refractivity contribution in [2.45, 2.75) is 23.8 Å². The summed E-state index contributed by atoms with van der Waals surface area (Å²) in [6, 6.07) is 3.74. The Kier molecular flexibility index (Phi) is 5.15. The molecule has 1 saturated heterocycles. The fraction of sp³-hybridized carbons (Fsp3) is 0.538. The molecule has 0 amide bonds. The smallest absolute Gasteiger partial charge is 0.238 e. The first-order chi connectivity index (χ1) is 9.91. The van der Waals surface area contributed by atoms with Gasteiger partial charge in [-0.15, -0.1) is 0 Å². The number of halogens is 1. The molecular weight excluding hydrogens is 297 g/mol. The highest BCUT2D eigenvalue weighted by molar-refractivity contribution is 7.89. The molecule has 1 aliphatic rings. The van der Waals surface area contributed by atoms with Gasteiger partial charge in [-0.05, 0) is 31.0 Å². The maximum atomic E-state index is 14.1. The van der Waals surface area contributed by atoms with E-state index in [1.54, 1.807) is 0 Å². The Balaban J connectivity index is 2.04. The van der Waals surface area contributed by atoms with E-state index in [9.17, 15) is 12.8 Å². The Morgan fingerprint density at radius 3 is 2.52 bits per heavy atom. The van der Waals surface area contributed by atoms with Crippen molar-refractivity contribution in [3.05, 3.63) is 24.0 Å². The minimum absolute atomic E-state index is 0.150. The summed E-state index contributed by atoms with van der Waals surface area (Å²) in [7, 11) is -3.88. The number of hydrogen-bond donors (Lipinski definition) is 2. The molecule has 0 saturated carbocycles. The van der Waals surface area contributed by atoms with Crippen molar-refractivity contribution >= 4 is 15.7 Å². The van der Waals surface area contributed by atoms with Gasteiger partial charge in [-0.25, -0.2) is 17.9 Å². The van der Waals surface area contributed by atoms with Crippen molar-refractivity contribution in [1.82, 2.24) is 0 Å². The van der Waals surface area contributed by atoms with Gasteiger partial charge in [-0.2, -0.15) is 0 Å². The molecule has 1 fully saturated rings. The highest BCUT2D eigenvalue weighted by Crippen LogP contribution is 2.26. The highest BCUT2D eigenvalue weighted by Gasteiger charge is 2.22. The lowest BCUT2D eigenvalue weighted by molar-refractivity contribution is 0.0421. The lowest BCUT2D eigenvalue weighted by Gasteiger charge is -2.33. The molecule has 1 aliphatic heterocycles. The molecule has 6 nitrogen and oxygen atoms in total. The Hall–Kier alpha value is -1.22. The number of piperidine rings is 1. The zero-order valence-corrected chi connectivity index (χ0v) is 12.5. The Morgan fingerprint density at radius 1 is 1.33 bits per heavy atom. The maximum Gasteiger partial charge on any atom is 0.238 e. The summed E-state index contributed by atoms with van der Waals surface area (Å²) in [5.41, 5.74) is 5.78. The van der Waals surface area contributed by atoms with Crippen LogP contribution in [0.25, 0.3) is 0 Å². The third kappa shape index (κ3) is 4.13. The van der Waals surface area contributed by atoms with Crippen molar-refractivity contribution in [2.24, 2.45) is 10.9 Å². The van der Waals surface area contributed by atoms with E-state index in [0.717, 1.165) is 18.9 Å². The first kappa shape index (κ1) is 16.2. The number of anilines is 1. The van der Waals surface area contributed by atoms with Crippen LogP contribution in [0.3, 0.4) is 0 Å². The third-order valence-electron chi connectivity index (χ3n) is 3.50. The molecule has 0 bridgehead atoms. The van der Waals surface area contributed by atoms with Gasteiger partial charge in [0, 0.05) is 19.6 Å². The number of primary sulfonamides is 1. The van der Waals surface area contributed by atoms with E-state index in [0.29, 0.717) is 31.9 Å². The van der Waals surface area contributed by atoms with Gasteiger partial charge in [0.1, 0.15) is 5.82 Å². The third-order valence-corrected chi connectivity index (χ3v) is 4.41. The van der Waals surface area contributed by atoms with Gasteiger partial charge < -0.3 is 15.4 Å². The van der Waals surface area contributed by atoms with E-state index in [-0.39, 0.29) is 11.0 Å². The van der Waals surface area contributed by atoms with E-state index in [1.165, 1.54) is 12.1 Å². The zero-order chi connectivity index (χ0) is 15.5. The summed E-state index contributed by atoms with van der Waals surface area (Å²) in [5.74, 6) is -0.581. The van der Waals surface area contributed by atoms with Crippen LogP contribution in [-0.4, -0.2) is 40.8 Å². The average molecular weight is 317 g/mol. The fourth-order valence-corrected chi connectivity index (χ4v) is 2.94. The average Bonchev–Trinajstić information content (AvgIpc) is 2.45. The Morgan fingerprint density at radius 2 is 2.00 bits per heavy atom. The second-order valence-corrected chi connectivity index (χ2v) is 6.57. The Labute approximate surface area is 123 Å². The van der Waals surface area contributed by atoms with Crippen LogP contribution in [0.2, 0.25) is 0 Å². The van der Waals surface area contributed by atoms with Crippen LogP contribution in [0.5, 0.6) is 0 Å². The summed E-state index contributed by atoms with van der Waals surface area (Å²) >= 11 is 0. The highest BCUT2D eigenvalue weighted by atomic mass is 32.2. The van der Waals surface area contributed by atoms with Crippen molar-refractivity contribution in [2.75, 3.05) is 31.1 Å². The van der Waals surface area contributed by atoms with Crippen LogP contribution >= 0.6 is 0 Å². The van der Waals surface area contributed by atoms with Gasteiger partial charge in [0.05, 0.1) is 23.3 Å². The largest absolute Gasteiger partial charge is 0.377 e. The molecule has 0 radical (unpaired) electrons. The predicted octanol–water partition coefficient (Wildman–Crippen LogP) is 0.417. The molecule has 0 aromatic heterocycles. The van der Waals surface area contributed by atoms with E-state index in [4.69, 9.17) is 15.6 Å². The molecular formula is C13H20FN3O3S. The minimum atomic E-state index is -3.88. The zero-order valence-electron chi connectivity index (χ0n) is 11.7. The molecule has 21 heavy (non-hydrogen) atoms. The van der Waals surface area contributed by atoms with E-state index < -0.39 is 15.8 Å². The Bertz CT molecular complexity index is 586. The lowest BCUT2D eigenvalue weighted by atomic mass is 10.1. The van der Waals surface area contributed by atoms with Crippen LogP contribution in [0.1, 0.15) is 12.8 Å². The van der Waals surface area contributed by atoms with Gasteiger partial charge in [0.25, 0.3) is 0 Å². The number of nitrogens with zero attached hydrogens (tertiary/aromatic N) is 1. The summed E-state index contributed by atoms with van der Waals surface area (Å²) in [5, 5.41) is 4.98. The van der Waals surface area contributed by atoms with Crippen molar-refractivity contribution in [1.29, 1.82) is 0 Å². The van der Waals surface area contributed by atoms with Crippen LogP contribution in [0.4, 0.5) is 10.1 Å². The second kappa shape index (κ2) is 6.69. The molecule has 8 heteroatoms. The number of hydrogen-bond acceptors (Lipinski definition) is 5. The normalized spacial score (nSPS) is 17.2. The van der Waals surface area contributed by atoms with Gasteiger partial charge >= 0.3 is 0 Å². The summed E-state index contributed by atoms with van der Waals surface area (Å²) in [4.78, 5) is 1.66. The standard InChI is InChI=1S/C13H20FN3O3S/c14-12-9-11(21(16,18)19)1-2-13(12)17-6-3-10(4-7-17)20-8-5-15/h1-2,9-10H,3-8,15H2,(H2,16,18,19). The van der Waals surface area contributed by atoms with Gasteiger partial charge in [-0.3, -0.25) is 0 Å². The first-order valence-electron chi connectivity index (χ1n) is 6.81. The monoisotopic (exact) mass is 317 g/mol. The van der Waals surface area contributed by atoms with Crippen molar-refractivity contribution in [3.63, 3.8) is 0 Å². The minimum Gasteiger partial charge on any atom is -0.377 e. The maximum absolute atomic E-state index is 14.1. The number of benzene rings is 1. The van der Waals surface area contributed by atoms with Crippen LogP contribution in [0, 0.1) is 5.82 Å². The van der Waals surface area contributed by atoms with Crippen molar-refractivity contribution in [3.8, 4) is 0 Å². The number of sulfonamides is 1. The van der Waals surface area contributed by atoms with Crippen LogP contribution in [0.15, 0.2) is 23.1 Å². The number of rotatable bonds is 5. The first-order valence-corrected chi connectivity index (χ1v) is 8.35. The number of ether oxygens (including phenoxy) is 1. The number of nitrogens with two attached hydrogens (primary N) is 2. The van der Waals surface area contributed by atoms with E-state index >= 15 is 0 Å². The lowest BCUT2D eigenvalue weighted by Crippen LogP contribution is -2.38. The van der Waals surface area contributed by atoms with Crippen LogP contribution < -0.4 is 15.8 Å². The molecule has 1 heterocycles. The molecule has 0 aliphatic carbocycles. The second-order valence-electron chi connectivity index (χ2n) is 5.00. The summed E-state index contributed by atoms with van der Waals surface area (Å²) < 4.78 is 42.0. The van der Waals surface area contributed by atoms with Gasteiger partial charge in [0.2, 0.25) is 10.0 Å². The SMILES string of the molecule is NCCOC1CCN(c2ccc(S(N)(=O)=O)cc2F)CC1. The van der Waals surface area contributed by atoms with Crippen LogP contribution in [-0.2, 0) is 14.8 Å². The fourth-order valence-electron chi connectivity index (χ4n) is 2.42. The van der Waals surface area contributed by atoms with Crippen molar-refractivity contribution < 1.29 is 17.5 Å². The summed E-state index contributed by atoms with van der Waals surface area (Å²) in [6.07, 6.45) is 1.73. The molecule has 1 aromatic rings. The summed E-state index contributed by atoms with van der Waals surface area (Å²) in [6.45, 7) is 2.33. The predicted molar refractivity (Wildman–Crippen MR) is 78.0 cm³/mol. The molecule has 4 N–H and O–H groups in total. The quantitative estimate of drug-likeness (QED) is 0.820. The topological polar surface area (TPSA) is 98.7 Å². The molecule has 2 rings (SSSR count). The molecule has 0 atom stereocenters.